The average molecular weight is 440 g/mol. The van der Waals surface area contributed by atoms with Gasteiger partial charge in [0, 0.05) is 17.7 Å². The van der Waals surface area contributed by atoms with Crippen LogP contribution in [0, 0.1) is 5.92 Å². The van der Waals surface area contributed by atoms with E-state index in [4.69, 9.17) is 18.9 Å². The van der Waals surface area contributed by atoms with Gasteiger partial charge in [-0.3, -0.25) is 9.59 Å². The van der Waals surface area contributed by atoms with Crippen molar-refractivity contribution in [2.75, 3.05) is 20.8 Å². The van der Waals surface area contributed by atoms with Crippen LogP contribution in [-0.2, 0) is 16.1 Å². The van der Waals surface area contributed by atoms with Gasteiger partial charge < -0.3 is 24.3 Å². The fraction of sp³-hybridized carbons (Fsp3) is 0.440. The van der Waals surface area contributed by atoms with Gasteiger partial charge in [-0.05, 0) is 56.0 Å². The van der Waals surface area contributed by atoms with E-state index in [9.17, 15) is 9.59 Å². The van der Waals surface area contributed by atoms with Crippen LogP contribution in [-0.4, -0.2) is 38.3 Å². The monoisotopic (exact) mass is 439 g/mol. The summed E-state index contributed by atoms with van der Waals surface area (Å²) in [6.07, 6.45) is 2.84. The minimum absolute atomic E-state index is 0.00636. The van der Waals surface area contributed by atoms with E-state index in [1.807, 2.05) is 44.2 Å². The molecule has 1 fully saturated rings. The van der Waals surface area contributed by atoms with Crippen molar-refractivity contribution < 1.29 is 28.5 Å². The second kappa shape index (κ2) is 8.73. The number of ether oxygens (including phenoxy) is 4. The molecule has 0 spiro atoms. The van der Waals surface area contributed by atoms with Crippen molar-refractivity contribution in [1.82, 2.24) is 5.32 Å². The van der Waals surface area contributed by atoms with Crippen molar-refractivity contribution in [3.63, 3.8) is 0 Å². The molecule has 1 saturated carbocycles. The molecule has 1 amide bonds. The van der Waals surface area contributed by atoms with Gasteiger partial charge in [-0.2, -0.15) is 0 Å². The standard InChI is InChI=1S/C25H29NO6/c1-25(2,32-24(28)15-7-5-8-15)14-31-21-17(11-12-20(29-3)22(21)30-4)16-9-6-10-18-19(16)13-26-23(18)27/h6,9-12,15H,5,7-8,13-14H2,1-4H3,(H,26,27). The topological polar surface area (TPSA) is 83.1 Å². The molecule has 170 valence electrons. The van der Waals surface area contributed by atoms with Gasteiger partial charge in [0.2, 0.25) is 5.75 Å². The minimum Gasteiger partial charge on any atom is -0.493 e. The predicted octanol–water partition coefficient (Wildman–Crippen LogP) is 4.11. The Labute approximate surface area is 188 Å². The molecule has 0 atom stereocenters. The van der Waals surface area contributed by atoms with Gasteiger partial charge in [0.25, 0.3) is 5.91 Å². The number of benzene rings is 2. The molecule has 0 radical (unpaired) electrons. The summed E-state index contributed by atoms with van der Waals surface area (Å²) < 4.78 is 23.1. The lowest BCUT2D eigenvalue weighted by Gasteiger charge is -2.31. The maximum Gasteiger partial charge on any atom is 0.309 e. The van der Waals surface area contributed by atoms with Crippen LogP contribution in [0.2, 0.25) is 0 Å². The predicted molar refractivity (Wildman–Crippen MR) is 119 cm³/mol. The van der Waals surface area contributed by atoms with E-state index in [0.29, 0.717) is 29.4 Å². The average Bonchev–Trinajstić information content (AvgIpc) is 3.11. The summed E-state index contributed by atoms with van der Waals surface area (Å²) >= 11 is 0. The number of methoxy groups -OCH3 is 2. The lowest BCUT2D eigenvalue weighted by molar-refractivity contribution is -0.167. The highest BCUT2D eigenvalue weighted by atomic mass is 16.6. The number of carbonyl (C=O) groups excluding carboxylic acids is 2. The molecule has 1 heterocycles. The third kappa shape index (κ3) is 4.11. The molecular formula is C25H29NO6. The molecule has 0 saturated heterocycles. The Balaban J connectivity index is 1.68. The minimum atomic E-state index is -0.825. The maximum atomic E-state index is 12.4. The summed E-state index contributed by atoms with van der Waals surface area (Å²) in [6.45, 7) is 4.24. The van der Waals surface area contributed by atoms with Crippen LogP contribution in [0.15, 0.2) is 30.3 Å². The Morgan fingerprint density at radius 1 is 1.03 bits per heavy atom. The van der Waals surface area contributed by atoms with E-state index < -0.39 is 5.60 Å². The first-order chi connectivity index (χ1) is 15.3. The van der Waals surface area contributed by atoms with Crippen LogP contribution in [0.3, 0.4) is 0 Å². The summed E-state index contributed by atoms with van der Waals surface area (Å²) in [5.41, 5.74) is 2.38. The van der Waals surface area contributed by atoms with Crippen molar-refractivity contribution in [1.29, 1.82) is 0 Å². The van der Waals surface area contributed by atoms with Crippen LogP contribution in [0.1, 0.15) is 49.0 Å². The first kappa shape index (κ1) is 22.0. The van der Waals surface area contributed by atoms with Gasteiger partial charge in [0.05, 0.1) is 20.1 Å². The maximum absolute atomic E-state index is 12.4. The van der Waals surface area contributed by atoms with E-state index in [0.717, 1.165) is 36.0 Å². The van der Waals surface area contributed by atoms with E-state index >= 15 is 0 Å². The molecular weight excluding hydrogens is 410 g/mol. The van der Waals surface area contributed by atoms with E-state index in [1.165, 1.54) is 0 Å². The fourth-order valence-electron chi connectivity index (χ4n) is 4.04. The molecule has 4 rings (SSSR count). The Morgan fingerprint density at radius 2 is 1.78 bits per heavy atom. The van der Waals surface area contributed by atoms with E-state index in [2.05, 4.69) is 5.32 Å². The Bertz CT molecular complexity index is 1040. The molecule has 7 heteroatoms. The Kier molecular flexibility index (Phi) is 6.00. The van der Waals surface area contributed by atoms with Crippen LogP contribution < -0.4 is 19.5 Å². The summed E-state index contributed by atoms with van der Waals surface area (Å²) in [6, 6.07) is 9.32. The van der Waals surface area contributed by atoms with Crippen molar-refractivity contribution in [2.45, 2.75) is 45.3 Å². The van der Waals surface area contributed by atoms with Crippen LogP contribution in [0.5, 0.6) is 17.2 Å². The lowest BCUT2D eigenvalue weighted by Crippen LogP contribution is -2.38. The lowest BCUT2D eigenvalue weighted by atomic mass is 9.85. The highest BCUT2D eigenvalue weighted by molar-refractivity contribution is 6.01. The van der Waals surface area contributed by atoms with Crippen molar-refractivity contribution in [3.05, 3.63) is 41.5 Å². The first-order valence-electron chi connectivity index (χ1n) is 10.9. The van der Waals surface area contributed by atoms with Gasteiger partial charge in [0.15, 0.2) is 11.5 Å². The molecule has 32 heavy (non-hydrogen) atoms. The van der Waals surface area contributed by atoms with Crippen molar-refractivity contribution in [2.24, 2.45) is 5.92 Å². The molecule has 7 nitrogen and oxygen atoms in total. The smallest absolute Gasteiger partial charge is 0.309 e. The number of esters is 1. The molecule has 0 bridgehead atoms. The number of nitrogens with one attached hydrogen (secondary N) is 1. The first-order valence-corrected chi connectivity index (χ1v) is 10.9. The Hall–Kier alpha value is -3.22. The van der Waals surface area contributed by atoms with Gasteiger partial charge in [-0.1, -0.05) is 18.6 Å². The zero-order valence-corrected chi connectivity index (χ0v) is 18.9. The van der Waals surface area contributed by atoms with Gasteiger partial charge in [-0.15, -0.1) is 0 Å². The van der Waals surface area contributed by atoms with E-state index in [-0.39, 0.29) is 24.4 Å². The van der Waals surface area contributed by atoms with Crippen molar-refractivity contribution in [3.8, 4) is 28.4 Å². The molecule has 0 aromatic heterocycles. The van der Waals surface area contributed by atoms with Crippen molar-refractivity contribution >= 4 is 11.9 Å². The van der Waals surface area contributed by atoms with Crippen LogP contribution >= 0.6 is 0 Å². The summed E-state index contributed by atoms with van der Waals surface area (Å²) in [7, 11) is 3.12. The summed E-state index contributed by atoms with van der Waals surface area (Å²) in [5.74, 6) is 1.18. The third-order valence-electron chi connectivity index (χ3n) is 6.02. The highest BCUT2D eigenvalue weighted by Gasteiger charge is 2.33. The SMILES string of the molecule is COc1ccc(-c2cccc3c2CNC3=O)c(OCC(C)(C)OC(=O)C2CCC2)c1OC. The quantitative estimate of drug-likeness (QED) is 0.623. The number of hydrogen-bond acceptors (Lipinski definition) is 6. The molecule has 0 unspecified atom stereocenters. The third-order valence-corrected chi connectivity index (χ3v) is 6.02. The zero-order chi connectivity index (χ0) is 22.9. The molecule has 2 aromatic carbocycles. The number of rotatable bonds is 8. The normalized spacial score (nSPS) is 15.4. The number of fused-ring (bicyclic) bond motifs is 1. The van der Waals surface area contributed by atoms with Crippen LogP contribution in [0.4, 0.5) is 0 Å². The molecule has 2 aromatic rings. The highest BCUT2D eigenvalue weighted by Crippen LogP contribution is 2.46. The second-order valence-corrected chi connectivity index (χ2v) is 8.79. The van der Waals surface area contributed by atoms with Gasteiger partial charge in [0.1, 0.15) is 12.2 Å². The van der Waals surface area contributed by atoms with Gasteiger partial charge in [-0.25, -0.2) is 0 Å². The number of carbonyl (C=O) groups is 2. The second-order valence-electron chi connectivity index (χ2n) is 8.79. The number of amides is 1. The molecule has 1 N–H and O–H groups in total. The van der Waals surface area contributed by atoms with E-state index in [1.54, 1.807) is 14.2 Å². The summed E-state index contributed by atoms with van der Waals surface area (Å²) in [5, 5.41) is 2.87. The largest absolute Gasteiger partial charge is 0.493 e. The zero-order valence-electron chi connectivity index (χ0n) is 18.9. The molecule has 1 aliphatic heterocycles. The Morgan fingerprint density at radius 3 is 2.44 bits per heavy atom. The van der Waals surface area contributed by atoms with Crippen LogP contribution in [0.25, 0.3) is 11.1 Å². The van der Waals surface area contributed by atoms with Gasteiger partial charge >= 0.3 is 5.97 Å². The number of hydrogen-bond donors (Lipinski definition) is 1. The molecule has 2 aliphatic rings. The summed E-state index contributed by atoms with van der Waals surface area (Å²) in [4.78, 5) is 24.5. The molecule has 1 aliphatic carbocycles. The fourth-order valence-corrected chi connectivity index (χ4v) is 4.04.